The van der Waals surface area contributed by atoms with Crippen molar-refractivity contribution < 1.29 is 4.79 Å². The van der Waals surface area contributed by atoms with Gasteiger partial charge >= 0.3 is 0 Å². The second-order valence-corrected chi connectivity index (χ2v) is 6.83. The number of carbonyl (C=O) groups is 1. The summed E-state index contributed by atoms with van der Waals surface area (Å²) in [6, 6.07) is 11.9. The van der Waals surface area contributed by atoms with Gasteiger partial charge in [0.1, 0.15) is 5.69 Å². The Balaban J connectivity index is 1.57. The van der Waals surface area contributed by atoms with Crippen molar-refractivity contribution >= 4 is 28.3 Å². The van der Waals surface area contributed by atoms with Crippen LogP contribution in [0.5, 0.6) is 0 Å². The van der Waals surface area contributed by atoms with Gasteiger partial charge in [-0.3, -0.25) is 9.78 Å². The fourth-order valence-corrected chi connectivity index (χ4v) is 3.35. The SMILES string of the molecule is O=C(c1cnc(-c2ccc3cc(Cl)ccc3c2)cn1)N1CCCNCC1. The standard InChI is InChI=1S/C20H19ClN4O/c21-17-5-4-14-10-16(3-2-15(14)11-17)18-12-24-19(13-23-18)20(26)25-8-1-6-22-7-9-25/h2-5,10-13,22H,1,6-9H2. The Kier molecular flexibility index (Phi) is 4.82. The molecule has 0 radical (unpaired) electrons. The molecule has 0 saturated carbocycles. The Morgan fingerprint density at radius 2 is 1.85 bits per heavy atom. The number of nitrogens with zero attached hydrogens (tertiary/aromatic N) is 3. The predicted octanol–water partition coefficient (Wildman–Crippen LogP) is 3.39. The van der Waals surface area contributed by atoms with Crippen molar-refractivity contribution in [3.63, 3.8) is 0 Å². The molecule has 5 nitrogen and oxygen atoms in total. The first-order valence-electron chi connectivity index (χ1n) is 8.72. The third kappa shape index (κ3) is 3.54. The summed E-state index contributed by atoms with van der Waals surface area (Å²) < 4.78 is 0. The zero-order chi connectivity index (χ0) is 17.9. The molecular weight excluding hydrogens is 348 g/mol. The number of aromatic nitrogens is 2. The summed E-state index contributed by atoms with van der Waals surface area (Å²) in [4.78, 5) is 23.2. The van der Waals surface area contributed by atoms with Gasteiger partial charge in [-0.05, 0) is 41.9 Å². The Bertz CT molecular complexity index is 934. The van der Waals surface area contributed by atoms with E-state index in [9.17, 15) is 4.79 Å². The number of halogens is 1. The number of hydrogen-bond acceptors (Lipinski definition) is 4. The largest absolute Gasteiger partial charge is 0.336 e. The van der Waals surface area contributed by atoms with Gasteiger partial charge in [-0.15, -0.1) is 0 Å². The molecule has 1 aliphatic rings. The second-order valence-electron chi connectivity index (χ2n) is 6.39. The maximum absolute atomic E-state index is 12.6. The Labute approximate surface area is 157 Å². The molecule has 0 bridgehead atoms. The smallest absolute Gasteiger partial charge is 0.274 e. The van der Waals surface area contributed by atoms with Gasteiger partial charge in [-0.2, -0.15) is 0 Å². The van der Waals surface area contributed by atoms with Crippen LogP contribution in [0.15, 0.2) is 48.8 Å². The van der Waals surface area contributed by atoms with Gasteiger partial charge in [-0.1, -0.05) is 29.8 Å². The van der Waals surface area contributed by atoms with Crippen molar-refractivity contribution in [2.45, 2.75) is 6.42 Å². The first-order valence-corrected chi connectivity index (χ1v) is 9.10. The zero-order valence-electron chi connectivity index (χ0n) is 14.3. The normalized spacial score (nSPS) is 15.0. The zero-order valence-corrected chi connectivity index (χ0v) is 15.0. The minimum absolute atomic E-state index is 0.0547. The third-order valence-electron chi connectivity index (χ3n) is 4.60. The van der Waals surface area contributed by atoms with E-state index in [0.29, 0.717) is 12.2 Å². The van der Waals surface area contributed by atoms with Gasteiger partial charge in [0.25, 0.3) is 5.91 Å². The number of hydrogen-bond donors (Lipinski definition) is 1. The molecule has 0 atom stereocenters. The summed E-state index contributed by atoms with van der Waals surface area (Å²) in [7, 11) is 0. The maximum Gasteiger partial charge on any atom is 0.274 e. The highest BCUT2D eigenvalue weighted by molar-refractivity contribution is 6.31. The molecule has 2 heterocycles. The van der Waals surface area contributed by atoms with E-state index in [4.69, 9.17) is 11.6 Å². The molecule has 1 aromatic heterocycles. The Morgan fingerprint density at radius 1 is 1.00 bits per heavy atom. The summed E-state index contributed by atoms with van der Waals surface area (Å²) in [5, 5.41) is 6.18. The molecular formula is C20H19ClN4O. The van der Waals surface area contributed by atoms with E-state index in [2.05, 4.69) is 21.4 Å². The number of nitrogens with one attached hydrogen (secondary N) is 1. The molecule has 3 aromatic rings. The molecule has 4 rings (SSSR count). The van der Waals surface area contributed by atoms with Crippen LogP contribution in [0, 0.1) is 0 Å². The van der Waals surface area contributed by atoms with E-state index in [-0.39, 0.29) is 5.91 Å². The lowest BCUT2D eigenvalue weighted by Gasteiger charge is -2.19. The van der Waals surface area contributed by atoms with Crippen molar-refractivity contribution in [1.29, 1.82) is 0 Å². The van der Waals surface area contributed by atoms with Crippen LogP contribution < -0.4 is 5.32 Å². The fourth-order valence-electron chi connectivity index (χ4n) is 3.17. The van der Waals surface area contributed by atoms with Crippen LogP contribution >= 0.6 is 11.6 Å². The van der Waals surface area contributed by atoms with Crippen molar-refractivity contribution in [2.75, 3.05) is 26.2 Å². The quantitative estimate of drug-likeness (QED) is 0.755. The monoisotopic (exact) mass is 366 g/mol. The highest BCUT2D eigenvalue weighted by Gasteiger charge is 2.18. The van der Waals surface area contributed by atoms with Gasteiger partial charge in [0, 0.05) is 30.2 Å². The average molecular weight is 367 g/mol. The number of amides is 1. The molecule has 132 valence electrons. The van der Waals surface area contributed by atoms with Crippen molar-refractivity contribution in [3.8, 4) is 11.3 Å². The molecule has 1 aliphatic heterocycles. The molecule has 26 heavy (non-hydrogen) atoms. The van der Waals surface area contributed by atoms with Crippen LogP contribution in [0.3, 0.4) is 0 Å². The van der Waals surface area contributed by atoms with Crippen molar-refractivity contribution in [2.24, 2.45) is 0 Å². The molecule has 2 aromatic carbocycles. The van der Waals surface area contributed by atoms with E-state index in [0.717, 1.165) is 53.1 Å². The highest BCUT2D eigenvalue weighted by atomic mass is 35.5. The van der Waals surface area contributed by atoms with E-state index in [1.807, 2.05) is 35.2 Å². The number of benzene rings is 2. The molecule has 6 heteroatoms. The summed E-state index contributed by atoms with van der Waals surface area (Å²) >= 11 is 6.03. The van der Waals surface area contributed by atoms with Gasteiger partial charge in [0.05, 0.1) is 18.1 Å². The van der Waals surface area contributed by atoms with Crippen LogP contribution in [-0.2, 0) is 0 Å². The Morgan fingerprint density at radius 3 is 2.69 bits per heavy atom. The molecule has 0 unspecified atom stereocenters. The van der Waals surface area contributed by atoms with Crippen molar-refractivity contribution in [1.82, 2.24) is 20.2 Å². The van der Waals surface area contributed by atoms with E-state index in [1.165, 1.54) is 0 Å². The van der Waals surface area contributed by atoms with Crippen LogP contribution in [0.25, 0.3) is 22.0 Å². The lowest BCUT2D eigenvalue weighted by molar-refractivity contribution is 0.0760. The fraction of sp³-hybridized carbons (Fsp3) is 0.250. The Hall–Kier alpha value is -2.50. The minimum Gasteiger partial charge on any atom is -0.336 e. The van der Waals surface area contributed by atoms with Crippen LogP contribution in [0.2, 0.25) is 5.02 Å². The molecule has 1 fully saturated rings. The minimum atomic E-state index is -0.0547. The lowest BCUT2D eigenvalue weighted by atomic mass is 10.1. The van der Waals surface area contributed by atoms with E-state index >= 15 is 0 Å². The molecule has 1 N–H and O–H groups in total. The van der Waals surface area contributed by atoms with Crippen LogP contribution in [0.4, 0.5) is 0 Å². The topological polar surface area (TPSA) is 58.1 Å². The molecule has 0 aliphatic carbocycles. The first kappa shape index (κ1) is 16.9. The van der Waals surface area contributed by atoms with Crippen LogP contribution in [0.1, 0.15) is 16.9 Å². The summed E-state index contributed by atoms with van der Waals surface area (Å²) in [5.41, 5.74) is 2.10. The summed E-state index contributed by atoms with van der Waals surface area (Å²) in [6.45, 7) is 3.22. The summed E-state index contributed by atoms with van der Waals surface area (Å²) in [6.07, 6.45) is 4.20. The average Bonchev–Trinajstić information content (AvgIpc) is 2.96. The van der Waals surface area contributed by atoms with E-state index < -0.39 is 0 Å². The van der Waals surface area contributed by atoms with E-state index in [1.54, 1.807) is 12.4 Å². The summed E-state index contributed by atoms with van der Waals surface area (Å²) in [5.74, 6) is -0.0547. The predicted molar refractivity (Wildman–Crippen MR) is 103 cm³/mol. The number of rotatable bonds is 2. The number of carbonyl (C=O) groups excluding carboxylic acids is 1. The first-order chi connectivity index (χ1) is 12.7. The lowest BCUT2D eigenvalue weighted by Crippen LogP contribution is -2.34. The highest BCUT2D eigenvalue weighted by Crippen LogP contribution is 2.25. The van der Waals surface area contributed by atoms with Gasteiger partial charge < -0.3 is 10.2 Å². The van der Waals surface area contributed by atoms with Crippen LogP contribution in [-0.4, -0.2) is 47.0 Å². The molecule has 0 spiro atoms. The third-order valence-corrected chi connectivity index (χ3v) is 4.83. The number of fused-ring (bicyclic) bond motifs is 1. The van der Waals surface area contributed by atoms with Gasteiger partial charge in [0.2, 0.25) is 0 Å². The molecule has 1 amide bonds. The second kappa shape index (κ2) is 7.40. The van der Waals surface area contributed by atoms with Gasteiger partial charge in [0.15, 0.2) is 0 Å². The maximum atomic E-state index is 12.6. The van der Waals surface area contributed by atoms with Crippen molar-refractivity contribution in [3.05, 3.63) is 59.5 Å². The molecule has 1 saturated heterocycles. The van der Waals surface area contributed by atoms with Gasteiger partial charge in [-0.25, -0.2) is 4.98 Å².